The Labute approximate surface area is 220 Å². The summed E-state index contributed by atoms with van der Waals surface area (Å²) in [6, 6.07) is 6.78. The van der Waals surface area contributed by atoms with Crippen LogP contribution in [0.15, 0.2) is 48.8 Å². The van der Waals surface area contributed by atoms with Crippen LogP contribution in [0.4, 0.5) is 40.6 Å². The molecular weight excluding hydrogens is 522 g/mol. The smallest absolute Gasteiger partial charge is 0.405 e. The van der Waals surface area contributed by atoms with Crippen molar-refractivity contribution in [3.63, 3.8) is 0 Å². The van der Waals surface area contributed by atoms with Crippen LogP contribution in [0.5, 0.6) is 5.75 Å². The normalized spacial score (nSPS) is 17.3. The fraction of sp³-hybridized carbons (Fsp3) is 0.280. The molecule has 10 nitrogen and oxygen atoms in total. The van der Waals surface area contributed by atoms with Crippen LogP contribution in [-0.2, 0) is 0 Å². The molecule has 7 N–H and O–H groups in total. The number of ether oxygens (including phenoxy) is 1. The van der Waals surface area contributed by atoms with Crippen molar-refractivity contribution in [2.75, 3.05) is 16.0 Å². The molecule has 1 fully saturated rings. The fourth-order valence-electron chi connectivity index (χ4n) is 4.17. The number of carbonyl (C=O) groups is 2. The summed E-state index contributed by atoms with van der Waals surface area (Å²) in [4.78, 5) is 32.9. The third-order valence-corrected chi connectivity index (χ3v) is 6.00. The molecule has 2 heterocycles. The van der Waals surface area contributed by atoms with Gasteiger partial charge in [-0.25, -0.2) is 9.37 Å². The first-order valence-electron chi connectivity index (χ1n) is 11.9. The first kappa shape index (κ1) is 27.6. The Balaban J connectivity index is 1.56. The lowest BCUT2D eigenvalue weighted by molar-refractivity contribution is -0.274. The van der Waals surface area contributed by atoms with Crippen LogP contribution in [0, 0.1) is 5.82 Å². The topological polar surface area (TPSA) is 157 Å². The Kier molecular flexibility index (Phi) is 8.14. The highest BCUT2D eigenvalue weighted by Crippen LogP contribution is 2.29. The number of anilines is 4. The van der Waals surface area contributed by atoms with Gasteiger partial charge in [-0.1, -0.05) is 25.0 Å². The number of halogens is 4. The summed E-state index contributed by atoms with van der Waals surface area (Å²) in [5.74, 6) is -3.49. The molecule has 2 atom stereocenters. The van der Waals surface area contributed by atoms with Gasteiger partial charge in [-0.2, -0.15) is 0 Å². The summed E-state index contributed by atoms with van der Waals surface area (Å²) >= 11 is 0. The van der Waals surface area contributed by atoms with E-state index in [0.29, 0.717) is 0 Å². The number of pyridine rings is 2. The second kappa shape index (κ2) is 11.5. The number of carbonyl (C=O) groups excluding carboxylic acids is 2. The van der Waals surface area contributed by atoms with E-state index in [1.54, 1.807) is 0 Å². The number of amides is 2. The van der Waals surface area contributed by atoms with Gasteiger partial charge in [-0.3, -0.25) is 14.6 Å². The van der Waals surface area contributed by atoms with Crippen molar-refractivity contribution in [2.45, 2.75) is 44.1 Å². The molecule has 1 aliphatic carbocycles. The summed E-state index contributed by atoms with van der Waals surface area (Å²) in [5, 5.41) is 8.27. The maximum Gasteiger partial charge on any atom is 0.573 e. The molecule has 0 spiro atoms. The SMILES string of the molecule is NC(=O)c1cc(F)c(N[C@@H]2CCCC[C@@H]2N)nc1Nc1cncc(NC(=O)c2ccccc2OC(F)(F)F)c1. The summed E-state index contributed by atoms with van der Waals surface area (Å²) < 4.78 is 56.9. The van der Waals surface area contributed by atoms with Gasteiger partial charge in [0.25, 0.3) is 11.8 Å². The zero-order valence-electron chi connectivity index (χ0n) is 20.4. The summed E-state index contributed by atoms with van der Waals surface area (Å²) in [6.45, 7) is 0. The Morgan fingerprint density at radius 2 is 1.72 bits per heavy atom. The van der Waals surface area contributed by atoms with Crippen LogP contribution < -0.4 is 32.2 Å². The Hall–Kier alpha value is -4.46. The number of nitrogens with one attached hydrogen (secondary N) is 3. The number of nitrogens with two attached hydrogens (primary N) is 2. The second-order valence-corrected chi connectivity index (χ2v) is 8.86. The van der Waals surface area contributed by atoms with Gasteiger partial charge in [0, 0.05) is 12.1 Å². The van der Waals surface area contributed by atoms with E-state index < -0.39 is 29.7 Å². The molecule has 0 aliphatic heterocycles. The molecular formula is C25H25F4N7O3. The van der Waals surface area contributed by atoms with Gasteiger partial charge in [0.1, 0.15) is 11.6 Å². The second-order valence-electron chi connectivity index (χ2n) is 8.86. The van der Waals surface area contributed by atoms with Crippen molar-refractivity contribution in [3.05, 3.63) is 65.7 Å². The third-order valence-electron chi connectivity index (χ3n) is 6.00. The molecule has 0 unspecified atom stereocenters. The Bertz CT molecular complexity index is 1370. The van der Waals surface area contributed by atoms with Crippen LogP contribution >= 0.6 is 0 Å². The number of primary amides is 1. The first-order chi connectivity index (χ1) is 18.5. The van der Waals surface area contributed by atoms with Crippen LogP contribution in [0.25, 0.3) is 0 Å². The zero-order chi connectivity index (χ0) is 28.2. The summed E-state index contributed by atoms with van der Waals surface area (Å²) in [5.41, 5.74) is 11.3. The van der Waals surface area contributed by atoms with Crippen molar-refractivity contribution in [3.8, 4) is 5.75 Å². The zero-order valence-corrected chi connectivity index (χ0v) is 20.4. The Morgan fingerprint density at radius 3 is 2.44 bits per heavy atom. The van der Waals surface area contributed by atoms with Crippen LogP contribution in [0.2, 0.25) is 0 Å². The van der Waals surface area contributed by atoms with Crippen molar-refractivity contribution < 1.29 is 31.9 Å². The lowest BCUT2D eigenvalue weighted by Crippen LogP contribution is -2.43. The number of benzene rings is 1. The van der Waals surface area contributed by atoms with Crippen LogP contribution in [-0.4, -0.2) is 40.2 Å². The maximum absolute atomic E-state index is 14.8. The fourth-order valence-corrected chi connectivity index (χ4v) is 4.17. The first-order valence-corrected chi connectivity index (χ1v) is 11.9. The molecule has 1 aliphatic rings. The minimum absolute atomic E-state index is 0.0787. The van der Waals surface area contributed by atoms with Gasteiger partial charge in [0.05, 0.1) is 34.9 Å². The molecule has 0 bridgehead atoms. The number of alkyl halides is 3. The molecule has 3 aromatic rings. The van der Waals surface area contributed by atoms with E-state index >= 15 is 0 Å². The standard InChI is InChI=1S/C25H25F4N7O3/c26-17-10-16(21(31)37)22(36-23(17)35-19-7-3-2-6-18(19)30)33-13-9-14(12-32-11-13)34-24(38)15-5-1-4-8-20(15)39-25(27,28)29/h1,4-5,8-12,18-19H,2-3,6-7,30H2,(H2,31,37)(H,34,38)(H2,33,35,36)/t18-,19+/m0/s1. The maximum atomic E-state index is 14.8. The number of rotatable bonds is 8. The number of aromatic nitrogens is 2. The lowest BCUT2D eigenvalue weighted by Gasteiger charge is -2.30. The predicted molar refractivity (Wildman–Crippen MR) is 135 cm³/mol. The van der Waals surface area contributed by atoms with E-state index in [9.17, 15) is 27.2 Å². The minimum atomic E-state index is -4.99. The summed E-state index contributed by atoms with van der Waals surface area (Å²) in [6.07, 6.45) is 0.999. The molecule has 0 radical (unpaired) electrons. The van der Waals surface area contributed by atoms with Crippen molar-refractivity contribution in [2.24, 2.45) is 11.5 Å². The van der Waals surface area contributed by atoms with E-state index in [2.05, 4.69) is 30.7 Å². The molecule has 2 amide bonds. The highest BCUT2D eigenvalue weighted by molar-refractivity contribution is 6.06. The van der Waals surface area contributed by atoms with Crippen molar-refractivity contribution in [1.82, 2.24) is 9.97 Å². The third kappa shape index (κ3) is 7.10. The highest BCUT2D eigenvalue weighted by Gasteiger charge is 2.33. The largest absolute Gasteiger partial charge is 0.573 e. The quantitative estimate of drug-likeness (QED) is 0.261. The van der Waals surface area contributed by atoms with Gasteiger partial charge in [0.15, 0.2) is 11.6 Å². The van der Waals surface area contributed by atoms with Crippen molar-refractivity contribution >= 4 is 34.8 Å². The van der Waals surface area contributed by atoms with E-state index in [0.717, 1.165) is 37.8 Å². The molecule has 14 heteroatoms. The van der Waals surface area contributed by atoms with Gasteiger partial charge < -0.3 is 32.2 Å². The molecule has 4 rings (SSSR count). The number of para-hydroxylation sites is 1. The average Bonchev–Trinajstić information content (AvgIpc) is 2.86. The van der Waals surface area contributed by atoms with Gasteiger partial charge in [0.2, 0.25) is 0 Å². The van der Waals surface area contributed by atoms with Gasteiger partial charge in [-0.15, -0.1) is 13.2 Å². The molecule has 2 aromatic heterocycles. The average molecular weight is 548 g/mol. The molecule has 206 valence electrons. The summed E-state index contributed by atoms with van der Waals surface area (Å²) in [7, 11) is 0. The predicted octanol–water partition coefficient (Wildman–Crippen LogP) is 4.29. The van der Waals surface area contributed by atoms with Crippen molar-refractivity contribution in [1.29, 1.82) is 0 Å². The highest BCUT2D eigenvalue weighted by atomic mass is 19.4. The van der Waals surface area contributed by atoms with Crippen LogP contribution in [0.3, 0.4) is 0 Å². The number of hydrogen-bond acceptors (Lipinski definition) is 8. The van der Waals surface area contributed by atoms with E-state index in [1.807, 2.05) is 0 Å². The molecule has 1 aromatic carbocycles. The van der Waals surface area contributed by atoms with Crippen LogP contribution in [0.1, 0.15) is 46.4 Å². The monoisotopic (exact) mass is 547 g/mol. The minimum Gasteiger partial charge on any atom is -0.405 e. The number of hydrogen-bond donors (Lipinski definition) is 5. The van der Waals surface area contributed by atoms with E-state index in [4.69, 9.17) is 11.5 Å². The van der Waals surface area contributed by atoms with E-state index in [-0.39, 0.29) is 46.2 Å². The van der Waals surface area contributed by atoms with E-state index in [1.165, 1.54) is 36.7 Å². The van der Waals surface area contributed by atoms with Gasteiger partial charge >= 0.3 is 6.36 Å². The van der Waals surface area contributed by atoms with Gasteiger partial charge in [-0.05, 0) is 37.1 Å². The lowest BCUT2D eigenvalue weighted by atomic mass is 9.91. The Morgan fingerprint density at radius 1 is 1.00 bits per heavy atom. The molecule has 1 saturated carbocycles. The molecule has 39 heavy (non-hydrogen) atoms. The number of nitrogens with zero attached hydrogens (tertiary/aromatic N) is 2. The molecule has 0 saturated heterocycles.